The van der Waals surface area contributed by atoms with Crippen LogP contribution in [0.25, 0.3) is 10.8 Å². The molecule has 0 radical (unpaired) electrons. The fourth-order valence-electron chi connectivity index (χ4n) is 6.01. The molecular weight excluding hydrogens is 432 g/mol. The fraction of sp³-hybridized carbons (Fsp3) is 0.452. The van der Waals surface area contributed by atoms with E-state index in [9.17, 15) is 9.90 Å². The van der Waals surface area contributed by atoms with E-state index in [2.05, 4.69) is 78.2 Å². The van der Waals surface area contributed by atoms with E-state index in [0.29, 0.717) is 18.9 Å². The normalized spacial score (nSPS) is 20.0. The lowest BCUT2D eigenvalue weighted by atomic mass is 9.93. The topological polar surface area (TPSA) is 43.8 Å². The van der Waals surface area contributed by atoms with Crippen molar-refractivity contribution in [2.24, 2.45) is 5.92 Å². The lowest BCUT2D eigenvalue weighted by Crippen LogP contribution is -2.44. The van der Waals surface area contributed by atoms with Gasteiger partial charge in [0.2, 0.25) is 0 Å². The van der Waals surface area contributed by atoms with Gasteiger partial charge in [0.05, 0.1) is 6.10 Å². The molecule has 1 amide bonds. The maximum absolute atomic E-state index is 13.3. The lowest BCUT2D eigenvalue weighted by Gasteiger charge is -2.34. The highest BCUT2D eigenvalue weighted by atomic mass is 16.3. The van der Waals surface area contributed by atoms with Gasteiger partial charge in [-0.2, -0.15) is 0 Å². The molecule has 1 saturated heterocycles. The first-order valence-electron chi connectivity index (χ1n) is 13.2. The molecule has 4 heteroatoms. The fourth-order valence-corrected chi connectivity index (χ4v) is 6.01. The molecule has 1 N–H and O–H groups in total. The molecule has 2 heterocycles. The van der Waals surface area contributed by atoms with Crippen molar-refractivity contribution in [1.29, 1.82) is 0 Å². The van der Waals surface area contributed by atoms with E-state index in [1.54, 1.807) is 0 Å². The number of rotatable bonds is 6. The van der Waals surface area contributed by atoms with Crippen molar-refractivity contribution in [1.82, 2.24) is 9.80 Å². The Balaban J connectivity index is 1.21. The summed E-state index contributed by atoms with van der Waals surface area (Å²) >= 11 is 0. The summed E-state index contributed by atoms with van der Waals surface area (Å²) in [5, 5.41) is 13.5. The summed E-state index contributed by atoms with van der Waals surface area (Å²) in [4.78, 5) is 17.8. The summed E-state index contributed by atoms with van der Waals surface area (Å²) in [6, 6.07) is 19.1. The zero-order valence-electron chi connectivity index (χ0n) is 21.2. The summed E-state index contributed by atoms with van der Waals surface area (Å²) < 4.78 is 0. The third-order valence-corrected chi connectivity index (χ3v) is 8.02. The predicted octanol–water partition coefficient (Wildman–Crippen LogP) is 5.16. The van der Waals surface area contributed by atoms with Crippen LogP contribution in [-0.2, 0) is 12.8 Å². The van der Waals surface area contributed by atoms with Crippen LogP contribution in [-0.4, -0.2) is 59.6 Å². The monoisotopic (exact) mass is 470 g/mol. The van der Waals surface area contributed by atoms with Crippen LogP contribution in [0, 0.1) is 19.8 Å². The quantitative estimate of drug-likeness (QED) is 0.541. The summed E-state index contributed by atoms with van der Waals surface area (Å²) in [7, 11) is 0. The highest BCUT2D eigenvalue weighted by molar-refractivity contribution is 5.97. The van der Waals surface area contributed by atoms with Crippen molar-refractivity contribution in [3.8, 4) is 0 Å². The van der Waals surface area contributed by atoms with E-state index < -0.39 is 6.10 Å². The van der Waals surface area contributed by atoms with Gasteiger partial charge in [-0.05, 0) is 84.7 Å². The zero-order valence-corrected chi connectivity index (χ0v) is 21.2. The number of β-amino-alcohol motifs (C(OH)–C–C–N with tert-alkyl or cyclic N) is 1. The molecule has 0 aromatic heterocycles. The van der Waals surface area contributed by atoms with Gasteiger partial charge in [-0.1, -0.05) is 55.0 Å². The lowest BCUT2D eigenvalue weighted by molar-refractivity contribution is 0.0673. The molecule has 3 aromatic carbocycles. The molecule has 4 nitrogen and oxygen atoms in total. The summed E-state index contributed by atoms with van der Waals surface area (Å²) in [6.45, 7) is 8.52. The highest BCUT2D eigenvalue weighted by Gasteiger charge is 2.29. The Bertz CT molecular complexity index is 1200. The van der Waals surface area contributed by atoms with Crippen LogP contribution in [0.3, 0.4) is 0 Å². The molecule has 0 spiro atoms. The molecule has 3 aromatic rings. The van der Waals surface area contributed by atoms with Crippen molar-refractivity contribution in [2.45, 2.75) is 52.1 Å². The van der Waals surface area contributed by atoms with Crippen molar-refractivity contribution < 1.29 is 9.90 Å². The first-order chi connectivity index (χ1) is 17.0. The molecule has 0 aliphatic carbocycles. The van der Waals surface area contributed by atoms with Crippen LogP contribution in [0.4, 0.5) is 0 Å². The number of amides is 1. The van der Waals surface area contributed by atoms with Gasteiger partial charge in [-0.15, -0.1) is 0 Å². The van der Waals surface area contributed by atoms with Crippen molar-refractivity contribution in [2.75, 3.05) is 32.7 Å². The number of aliphatic hydroxyl groups is 1. The Morgan fingerprint density at radius 3 is 2.69 bits per heavy atom. The van der Waals surface area contributed by atoms with Gasteiger partial charge in [0.1, 0.15) is 0 Å². The van der Waals surface area contributed by atoms with Gasteiger partial charge in [0.25, 0.3) is 5.91 Å². The number of hydrogen-bond donors (Lipinski definition) is 1. The number of fused-ring (bicyclic) bond motifs is 2. The number of hydrogen-bond acceptors (Lipinski definition) is 3. The maximum atomic E-state index is 13.3. The van der Waals surface area contributed by atoms with Crippen molar-refractivity contribution in [3.63, 3.8) is 0 Å². The molecule has 0 bridgehead atoms. The number of carbonyl (C=O) groups is 1. The van der Waals surface area contributed by atoms with Gasteiger partial charge in [0.15, 0.2) is 0 Å². The molecule has 2 aliphatic heterocycles. The largest absolute Gasteiger partial charge is 0.391 e. The number of nitrogens with zero attached hydrogens (tertiary/aromatic N) is 2. The third-order valence-electron chi connectivity index (χ3n) is 8.02. The Morgan fingerprint density at radius 2 is 1.80 bits per heavy atom. The van der Waals surface area contributed by atoms with Gasteiger partial charge in [-0.3, -0.25) is 4.79 Å². The maximum Gasteiger partial charge on any atom is 0.254 e. The number of benzene rings is 3. The molecule has 2 aliphatic rings. The molecular formula is C31H38N2O2. The standard InChI is InChI=1S/C31H38N2O2/c1-22-16-27-13-15-33(31(35)30(27)17-23(22)2)20-24-8-5-6-14-32(19-24)21-28(34)18-26-11-7-10-25-9-3-4-12-29(25)26/h3-4,7,9-12,16-17,24,28,34H,5-6,8,13-15,18-21H2,1-2H3. The molecule has 184 valence electrons. The van der Waals surface area contributed by atoms with E-state index in [0.717, 1.165) is 51.0 Å². The number of aliphatic hydroxyl groups excluding tert-OH is 1. The van der Waals surface area contributed by atoms with E-state index in [4.69, 9.17) is 0 Å². The summed E-state index contributed by atoms with van der Waals surface area (Å²) in [6.07, 6.45) is 4.73. The average molecular weight is 471 g/mol. The van der Waals surface area contributed by atoms with Crippen LogP contribution in [0.1, 0.15) is 51.9 Å². The Morgan fingerprint density at radius 1 is 1.00 bits per heavy atom. The van der Waals surface area contributed by atoms with E-state index in [1.165, 1.54) is 39.4 Å². The minimum absolute atomic E-state index is 0.195. The Labute approximate surface area is 209 Å². The number of carbonyl (C=O) groups excluding carboxylic acids is 1. The van der Waals surface area contributed by atoms with Crippen LogP contribution in [0.5, 0.6) is 0 Å². The zero-order chi connectivity index (χ0) is 24.4. The van der Waals surface area contributed by atoms with Crippen LogP contribution in [0.15, 0.2) is 54.6 Å². The third kappa shape index (κ3) is 5.44. The van der Waals surface area contributed by atoms with E-state index in [1.807, 2.05) is 0 Å². The van der Waals surface area contributed by atoms with Crippen molar-refractivity contribution in [3.05, 3.63) is 82.4 Å². The molecule has 35 heavy (non-hydrogen) atoms. The van der Waals surface area contributed by atoms with Crippen LogP contribution in [0.2, 0.25) is 0 Å². The summed E-state index contributed by atoms with van der Waals surface area (Å²) in [5.74, 6) is 0.653. The first kappa shape index (κ1) is 24.0. The second-order valence-corrected chi connectivity index (χ2v) is 10.7. The second-order valence-electron chi connectivity index (χ2n) is 10.7. The Hall–Kier alpha value is -2.69. The van der Waals surface area contributed by atoms with Gasteiger partial charge in [-0.25, -0.2) is 0 Å². The molecule has 1 fully saturated rings. The Kier molecular flexibility index (Phi) is 7.22. The minimum atomic E-state index is -0.394. The van der Waals surface area contributed by atoms with E-state index >= 15 is 0 Å². The molecule has 2 atom stereocenters. The molecule has 5 rings (SSSR count). The predicted molar refractivity (Wildman–Crippen MR) is 143 cm³/mol. The molecule has 0 saturated carbocycles. The smallest absolute Gasteiger partial charge is 0.254 e. The van der Waals surface area contributed by atoms with E-state index in [-0.39, 0.29) is 5.91 Å². The van der Waals surface area contributed by atoms with Crippen LogP contribution < -0.4 is 0 Å². The molecule has 2 unspecified atom stereocenters. The summed E-state index contributed by atoms with van der Waals surface area (Å²) in [5.41, 5.74) is 5.78. The SMILES string of the molecule is Cc1cc2c(cc1C)C(=O)N(CC1CCCCN(CC(O)Cc3cccc4ccccc34)C1)CC2. The minimum Gasteiger partial charge on any atom is -0.391 e. The number of likely N-dealkylation sites (tertiary alicyclic amines) is 1. The first-order valence-corrected chi connectivity index (χ1v) is 13.2. The van der Waals surface area contributed by atoms with Crippen LogP contribution >= 0.6 is 0 Å². The average Bonchev–Trinajstić information content (AvgIpc) is 3.07. The van der Waals surface area contributed by atoms with Gasteiger partial charge in [0, 0.05) is 38.2 Å². The van der Waals surface area contributed by atoms with Gasteiger partial charge >= 0.3 is 0 Å². The van der Waals surface area contributed by atoms with Crippen molar-refractivity contribution >= 4 is 16.7 Å². The second kappa shape index (κ2) is 10.5. The number of aryl methyl sites for hydroxylation is 2. The highest BCUT2D eigenvalue weighted by Crippen LogP contribution is 2.26. The van der Waals surface area contributed by atoms with Gasteiger partial charge < -0.3 is 14.9 Å².